The summed E-state index contributed by atoms with van der Waals surface area (Å²) in [5.74, 6) is -3.80. The summed E-state index contributed by atoms with van der Waals surface area (Å²) in [7, 11) is 0. The molecule has 0 aliphatic carbocycles. The molecule has 0 bridgehead atoms. The molecule has 1 aromatic carbocycles. The van der Waals surface area contributed by atoms with E-state index in [1.807, 2.05) is 6.07 Å². The molecule has 0 aliphatic heterocycles. The van der Waals surface area contributed by atoms with Crippen LogP contribution in [-0.2, 0) is 25.6 Å². The Morgan fingerprint density at radius 2 is 1.62 bits per heavy atom. The minimum atomic E-state index is -1.33. The number of hydrogen-bond donors (Lipinski definition) is 6. The van der Waals surface area contributed by atoms with Crippen LogP contribution in [0.2, 0.25) is 0 Å². The second-order valence-corrected chi connectivity index (χ2v) is 5.97. The summed E-state index contributed by atoms with van der Waals surface area (Å²) in [6.07, 6.45) is -0.263. The van der Waals surface area contributed by atoms with Crippen molar-refractivity contribution < 1.29 is 24.3 Å². The normalized spacial score (nSPS) is 13.9. The molecule has 142 valence electrons. The van der Waals surface area contributed by atoms with Gasteiger partial charge < -0.3 is 27.2 Å². The smallest absolute Gasteiger partial charge is 0.327 e. The molecule has 0 aliphatic rings. The number of aliphatic carboxylic acids is 1. The summed E-state index contributed by atoms with van der Waals surface area (Å²) in [5, 5.41) is 13.5. The zero-order valence-electron chi connectivity index (χ0n) is 13.9. The van der Waals surface area contributed by atoms with E-state index < -0.39 is 48.2 Å². The third-order valence-electron chi connectivity index (χ3n) is 3.47. The third kappa shape index (κ3) is 7.11. The van der Waals surface area contributed by atoms with Crippen LogP contribution in [0.25, 0.3) is 0 Å². The summed E-state index contributed by atoms with van der Waals surface area (Å²) in [6, 6.07) is 5.46. The molecule has 0 saturated carbocycles. The second kappa shape index (κ2) is 10.4. The van der Waals surface area contributed by atoms with Gasteiger partial charge >= 0.3 is 5.97 Å². The molecule has 7 N–H and O–H groups in total. The van der Waals surface area contributed by atoms with Crippen molar-refractivity contribution in [3.05, 3.63) is 35.9 Å². The first-order chi connectivity index (χ1) is 12.2. The van der Waals surface area contributed by atoms with Gasteiger partial charge in [0.2, 0.25) is 17.7 Å². The maximum atomic E-state index is 12.2. The quantitative estimate of drug-likeness (QED) is 0.267. The molecule has 0 saturated heterocycles. The standard InChI is InChI=1S/C16H22N4O5S/c17-10(6-9-4-2-1-3-5-9)14(22)19-11(7-13(18)21)15(23)20-12(8-26)16(24)25/h1-5,10-12,26H,6-8,17H2,(H2,18,21)(H,19,22)(H,20,23)(H,24,25)/t10-,11-,12-/m0/s1. The monoisotopic (exact) mass is 382 g/mol. The third-order valence-corrected chi connectivity index (χ3v) is 3.84. The highest BCUT2D eigenvalue weighted by Gasteiger charge is 2.28. The van der Waals surface area contributed by atoms with Crippen molar-refractivity contribution in [1.29, 1.82) is 0 Å². The number of nitrogens with one attached hydrogen (secondary N) is 2. The van der Waals surface area contributed by atoms with Crippen LogP contribution in [0.1, 0.15) is 12.0 Å². The number of primary amides is 1. The van der Waals surface area contributed by atoms with Crippen molar-refractivity contribution in [2.75, 3.05) is 5.75 Å². The van der Waals surface area contributed by atoms with Crippen LogP contribution in [0.4, 0.5) is 0 Å². The van der Waals surface area contributed by atoms with Crippen LogP contribution in [-0.4, -0.2) is 52.7 Å². The molecular weight excluding hydrogens is 360 g/mol. The summed E-state index contributed by atoms with van der Waals surface area (Å²) in [4.78, 5) is 46.6. The number of benzene rings is 1. The Morgan fingerprint density at radius 1 is 1.04 bits per heavy atom. The summed E-state index contributed by atoms with van der Waals surface area (Å²) < 4.78 is 0. The minimum absolute atomic E-state index is 0.161. The van der Waals surface area contributed by atoms with Crippen molar-refractivity contribution in [1.82, 2.24) is 10.6 Å². The van der Waals surface area contributed by atoms with Crippen LogP contribution in [0.15, 0.2) is 30.3 Å². The number of thiol groups is 1. The lowest BCUT2D eigenvalue weighted by Gasteiger charge is -2.21. The van der Waals surface area contributed by atoms with Gasteiger partial charge in [-0.25, -0.2) is 4.79 Å². The Balaban J connectivity index is 2.76. The summed E-state index contributed by atoms with van der Waals surface area (Å²) in [6.45, 7) is 0. The van der Waals surface area contributed by atoms with E-state index >= 15 is 0 Å². The topological polar surface area (TPSA) is 165 Å². The van der Waals surface area contributed by atoms with Gasteiger partial charge in [-0.3, -0.25) is 14.4 Å². The number of carboxylic acid groups (broad SMARTS) is 1. The molecule has 3 atom stereocenters. The van der Waals surface area contributed by atoms with Crippen molar-refractivity contribution in [3.8, 4) is 0 Å². The average molecular weight is 382 g/mol. The molecule has 9 nitrogen and oxygen atoms in total. The number of amides is 3. The molecule has 1 rings (SSSR count). The highest BCUT2D eigenvalue weighted by molar-refractivity contribution is 7.80. The molecule has 26 heavy (non-hydrogen) atoms. The number of nitrogens with two attached hydrogens (primary N) is 2. The van der Waals surface area contributed by atoms with E-state index in [1.165, 1.54) is 0 Å². The number of hydrogen-bond acceptors (Lipinski definition) is 6. The lowest BCUT2D eigenvalue weighted by molar-refractivity contribution is -0.141. The molecule has 0 radical (unpaired) electrons. The average Bonchev–Trinajstić information content (AvgIpc) is 2.58. The minimum Gasteiger partial charge on any atom is -0.480 e. The van der Waals surface area contributed by atoms with E-state index in [-0.39, 0.29) is 12.2 Å². The van der Waals surface area contributed by atoms with Gasteiger partial charge in [0, 0.05) is 5.75 Å². The van der Waals surface area contributed by atoms with E-state index in [4.69, 9.17) is 16.6 Å². The first-order valence-corrected chi connectivity index (χ1v) is 8.40. The van der Waals surface area contributed by atoms with Crippen LogP contribution in [0.5, 0.6) is 0 Å². The lowest BCUT2D eigenvalue weighted by Crippen LogP contribution is -2.56. The SMILES string of the molecule is NC(=O)C[C@H](NC(=O)[C@@H](N)Cc1ccccc1)C(=O)N[C@@H](CS)C(=O)O. The molecule has 0 heterocycles. The van der Waals surface area contributed by atoms with Gasteiger partial charge in [0.1, 0.15) is 12.1 Å². The zero-order valence-corrected chi connectivity index (χ0v) is 14.8. The zero-order chi connectivity index (χ0) is 19.7. The molecule has 10 heteroatoms. The Morgan fingerprint density at radius 3 is 2.12 bits per heavy atom. The van der Waals surface area contributed by atoms with E-state index in [0.29, 0.717) is 0 Å². The number of carbonyl (C=O) groups excluding carboxylic acids is 3. The van der Waals surface area contributed by atoms with Crippen molar-refractivity contribution in [2.24, 2.45) is 11.5 Å². The number of rotatable bonds is 10. The van der Waals surface area contributed by atoms with Gasteiger partial charge in [0.25, 0.3) is 0 Å². The molecule has 0 aromatic heterocycles. The van der Waals surface area contributed by atoms with Crippen LogP contribution >= 0.6 is 12.6 Å². The fourth-order valence-electron chi connectivity index (χ4n) is 2.11. The van der Waals surface area contributed by atoms with Gasteiger partial charge in [0.15, 0.2) is 0 Å². The van der Waals surface area contributed by atoms with Crippen molar-refractivity contribution in [3.63, 3.8) is 0 Å². The van der Waals surface area contributed by atoms with Gasteiger partial charge in [-0.05, 0) is 12.0 Å². The highest BCUT2D eigenvalue weighted by atomic mass is 32.1. The fraction of sp³-hybridized carbons (Fsp3) is 0.375. The molecule has 0 spiro atoms. The Kier molecular flexibility index (Phi) is 8.59. The molecule has 1 aromatic rings. The van der Waals surface area contributed by atoms with Gasteiger partial charge in [-0.1, -0.05) is 30.3 Å². The first kappa shape index (κ1) is 21.5. The van der Waals surface area contributed by atoms with E-state index in [0.717, 1.165) is 5.56 Å². The molecule has 0 fully saturated rings. The first-order valence-electron chi connectivity index (χ1n) is 7.76. The largest absolute Gasteiger partial charge is 0.480 e. The maximum Gasteiger partial charge on any atom is 0.327 e. The van der Waals surface area contributed by atoms with Gasteiger partial charge in [0.05, 0.1) is 12.5 Å². The molecular formula is C16H22N4O5S. The Hall–Kier alpha value is -2.59. The van der Waals surface area contributed by atoms with Crippen molar-refractivity contribution in [2.45, 2.75) is 31.0 Å². The van der Waals surface area contributed by atoms with Crippen LogP contribution < -0.4 is 22.1 Å². The van der Waals surface area contributed by atoms with Crippen LogP contribution in [0.3, 0.4) is 0 Å². The highest BCUT2D eigenvalue weighted by Crippen LogP contribution is 2.03. The number of carbonyl (C=O) groups is 4. The predicted molar refractivity (Wildman–Crippen MR) is 97.3 cm³/mol. The van der Waals surface area contributed by atoms with Crippen molar-refractivity contribution >= 4 is 36.3 Å². The fourth-order valence-corrected chi connectivity index (χ4v) is 2.36. The lowest BCUT2D eigenvalue weighted by atomic mass is 10.1. The Labute approximate surface area is 155 Å². The molecule has 0 unspecified atom stereocenters. The second-order valence-electron chi connectivity index (χ2n) is 5.61. The van der Waals surface area contributed by atoms with E-state index in [9.17, 15) is 19.2 Å². The van der Waals surface area contributed by atoms with E-state index in [1.54, 1.807) is 24.3 Å². The number of carboxylic acids is 1. The maximum absolute atomic E-state index is 12.2. The Bertz CT molecular complexity index is 655. The summed E-state index contributed by atoms with van der Waals surface area (Å²) >= 11 is 3.83. The van der Waals surface area contributed by atoms with Crippen LogP contribution in [0, 0.1) is 0 Å². The predicted octanol–water partition coefficient (Wildman–Crippen LogP) is -1.58. The van der Waals surface area contributed by atoms with Gasteiger partial charge in [-0.2, -0.15) is 12.6 Å². The molecule has 3 amide bonds. The van der Waals surface area contributed by atoms with E-state index in [2.05, 4.69) is 23.3 Å². The van der Waals surface area contributed by atoms with Gasteiger partial charge in [-0.15, -0.1) is 0 Å². The summed E-state index contributed by atoms with van der Waals surface area (Å²) in [5.41, 5.74) is 11.8.